The minimum Gasteiger partial charge on any atom is -0.381 e. The van der Waals surface area contributed by atoms with Gasteiger partial charge in [0.2, 0.25) is 5.91 Å². The van der Waals surface area contributed by atoms with Crippen LogP contribution >= 0.6 is 11.6 Å². The number of halogens is 1. The number of hydrogen-bond acceptors (Lipinski definition) is 2. The highest BCUT2D eigenvalue weighted by atomic mass is 35.5. The van der Waals surface area contributed by atoms with Crippen molar-refractivity contribution in [3.63, 3.8) is 0 Å². The van der Waals surface area contributed by atoms with Crippen LogP contribution in [0.1, 0.15) is 12.5 Å². The van der Waals surface area contributed by atoms with Gasteiger partial charge < -0.3 is 10.6 Å². The zero-order valence-corrected chi connectivity index (χ0v) is 11.4. The summed E-state index contributed by atoms with van der Waals surface area (Å²) < 4.78 is 0. The van der Waals surface area contributed by atoms with E-state index in [1.807, 2.05) is 48.5 Å². The topological polar surface area (TPSA) is 41.1 Å². The average molecular weight is 275 g/mol. The summed E-state index contributed by atoms with van der Waals surface area (Å²) in [7, 11) is 0. The van der Waals surface area contributed by atoms with Crippen molar-refractivity contribution < 1.29 is 4.79 Å². The number of benzene rings is 2. The predicted octanol–water partition coefficient (Wildman–Crippen LogP) is 3.91. The highest BCUT2D eigenvalue weighted by molar-refractivity contribution is 6.31. The maximum Gasteiger partial charge on any atom is 0.221 e. The lowest BCUT2D eigenvalue weighted by atomic mass is 10.2. The number of carbonyl (C=O) groups excluding carboxylic acids is 1. The fourth-order valence-electron chi connectivity index (χ4n) is 1.75. The van der Waals surface area contributed by atoms with Crippen LogP contribution in [0.25, 0.3) is 0 Å². The Labute approximate surface area is 117 Å². The van der Waals surface area contributed by atoms with Crippen LogP contribution in [0.4, 0.5) is 11.4 Å². The van der Waals surface area contributed by atoms with Crippen LogP contribution in [-0.2, 0) is 11.3 Å². The lowest BCUT2D eigenvalue weighted by Crippen LogP contribution is -2.06. The first-order valence-corrected chi connectivity index (χ1v) is 6.38. The third kappa shape index (κ3) is 4.00. The van der Waals surface area contributed by atoms with E-state index in [9.17, 15) is 4.79 Å². The second kappa shape index (κ2) is 6.25. The van der Waals surface area contributed by atoms with E-state index in [4.69, 9.17) is 11.6 Å². The maximum absolute atomic E-state index is 11.0. The Bertz CT molecular complexity index is 584. The first-order valence-electron chi connectivity index (χ1n) is 6.00. The summed E-state index contributed by atoms with van der Waals surface area (Å²) in [5.74, 6) is -0.0803. The molecule has 0 fully saturated rings. The molecular weight excluding hydrogens is 260 g/mol. The van der Waals surface area contributed by atoms with Gasteiger partial charge in [0.05, 0.1) is 0 Å². The van der Waals surface area contributed by atoms with Crippen molar-refractivity contribution >= 4 is 28.9 Å². The van der Waals surface area contributed by atoms with Crippen LogP contribution in [0.15, 0.2) is 48.5 Å². The molecular formula is C15H15ClN2O. The predicted molar refractivity (Wildman–Crippen MR) is 79.5 cm³/mol. The van der Waals surface area contributed by atoms with Gasteiger partial charge >= 0.3 is 0 Å². The van der Waals surface area contributed by atoms with Gasteiger partial charge in [0.25, 0.3) is 0 Å². The van der Waals surface area contributed by atoms with E-state index in [1.165, 1.54) is 6.92 Å². The second-order valence-electron chi connectivity index (χ2n) is 4.21. The van der Waals surface area contributed by atoms with Crippen molar-refractivity contribution in [2.24, 2.45) is 0 Å². The lowest BCUT2D eigenvalue weighted by Gasteiger charge is -2.09. The largest absolute Gasteiger partial charge is 0.381 e. The molecule has 0 aromatic heterocycles. The molecule has 4 heteroatoms. The van der Waals surface area contributed by atoms with Gasteiger partial charge in [-0.2, -0.15) is 0 Å². The van der Waals surface area contributed by atoms with Gasteiger partial charge in [-0.05, 0) is 29.8 Å². The summed E-state index contributed by atoms with van der Waals surface area (Å²) in [6, 6.07) is 15.3. The smallest absolute Gasteiger partial charge is 0.221 e. The molecule has 0 aliphatic heterocycles. The Hall–Kier alpha value is -2.00. The van der Waals surface area contributed by atoms with Crippen LogP contribution in [0.2, 0.25) is 5.02 Å². The number of amides is 1. The van der Waals surface area contributed by atoms with Gasteiger partial charge in [-0.3, -0.25) is 4.79 Å². The summed E-state index contributed by atoms with van der Waals surface area (Å²) in [4.78, 5) is 11.0. The van der Waals surface area contributed by atoms with Crippen LogP contribution in [0.3, 0.4) is 0 Å². The number of anilines is 2. The normalized spacial score (nSPS) is 10.0. The molecule has 3 nitrogen and oxygen atoms in total. The molecule has 0 atom stereocenters. The quantitative estimate of drug-likeness (QED) is 0.887. The molecule has 1 amide bonds. The first kappa shape index (κ1) is 13.4. The summed E-state index contributed by atoms with van der Waals surface area (Å²) in [6.07, 6.45) is 0. The molecule has 0 heterocycles. The van der Waals surface area contributed by atoms with Crippen molar-refractivity contribution in [2.45, 2.75) is 13.5 Å². The number of hydrogen-bond donors (Lipinski definition) is 2. The molecule has 0 saturated carbocycles. The molecule has 0 saturated heterocycles. The van der Waals surface area contributed by atoms with Gasteiger partial charge in [0.1, 0.15) is 0 Å². The number of nitrogens with one attached hydrogen (secondary N) is 2. The van der Waals surface area contributed by atoms with Crippen molar-refractivity contribution in [1.82, 2.24) is 0 Å². The van der Waals surface area contributed by atoms with Crippen molar-refractivity contribution in [3.05, 3.63) is 59.1 Å². The van der Waals surface area contributed by atoms with E-state index in [2.05, 4.69) is 10.6 Å². The molecule has 0 unspecified atom stereocenters. The van der Waals surface area contributed by atoms with Gasteiger partial charge in [-0.25, -0.2) is 0 Å². The van der Waals surface area contributed by atoms with E-state index in [-0.39, 0.29) is 5.91 Å². The Balaban J connectivity index is 2.03. The Kier molecular flexibility index (Phi) is 4.42. The molecule has 2 rings (SSSR count). The molecule has 0 aliphatic rings. The minimum atomic E-state index is -0.0803. The zero-order valence-electron chi connectivity index (χ0n) is 10.6. The van der Waals surface area contributed by atoms with Gasteiger partial charge in [0.15, 0.2) is 0 Å². The van der Waals surface area contributed by atoms with Crippen LogP contribution in [0, 0.1) is 0 Å². The van der Waals surface area contributed by atoms with Crippen molar-refractivity contribution in [3.8, 4) is 0 Å². The Morgan fingerprint density at radius 1 is 1.11 bits per heavy atom. The fraction of sp³-hybridized carbons (Fsp3) is 0.133. The van der Waals surface area contributed by atoms with Crippen LogP contribution in [-0.4, -0.2) is 5.91 Å². The highest BCUT2D eigenvalue weighted by Crippen LogP contribution is 2.19. The molecule has 2 N–H and O–H groups in total. The first-order chi connectivity index (χ1) is 9.15. The van der Waals surface area contributed by atoms with E-state index in [0.29, 0.717) is 6.54 Å². The van der Waals surface area contributed by atoms with Gasteiger partial charge in [-0.15, -0.1) is 0 Å². The van der Waals surface area contributed by atoms with Gasteiger partial charge in [0, 0.05) is 29.9 Å². The van der Waals surface area contributed by atoms with Gasteiger partial charge in [-0.1, -0.05) is 35.9 Å². The fourth-order valence-corrected chi connectivity index (χ4v) is 1.95. The van der Waals surface area contributed by atoms with E-state index in [0.717, 1.165) is 22.0 Å². The third-order valence-electron chi connectivity index (χ3n) is 2.62. The third-order valence-corrected chi connectivity index (χ3v) is 2.99. The second-order valence-corrected chi connectivity index (χ2v) is 4.61. The Morgan fingerprint density at radius 2 is 1.84 bits per heavy atom. The molecule has 0 spiro atoms. The average Bonchev–Trinajstić information content (AvgIpc) is 2.37. The minimum absolute atomic E-state index is 0.0803. The summed E-state index contributed by atoms with van der Waals surface area (Å²) in [5.41, 5.74) is 2.75. The summed E-state index contributed by atoms with van der Waals surface area (Å²) in [5, 5.41) is 6.77. The van der Waals surface area contributed by atoms with Crippen molar-refractivity contribution in [1.29, 1.82) is 0 Å². The summed E-state index contributed by atoms with van der Waals surface area (Å²) in [6.45, 7) is 2.13. The number of carbonyl (C=O) groups is 1. The molecule has 2 aromatic rings. The maximum atomic E-state index is 11.0. The number of rotatable bonds is 4. The standard InChI is InChI=1S/C15H15ClN2O/c1-11(19)18-14-7-4-6-13(9-14)17-10-12-5-2-3-8-15(12)16/h2-9,17H,10H2,1H3,(H,18,19). The van der Waals surface area contributed by atoms with Crippen LogP contribution < -0.4 is 10.6 Å². The van der Waals surface area contributed by atoms with E-state index < -0.39 is 0 Å². The highest BCUT2D eigenvalue weighted by Gasteiger charge is 2.00. The molecule has 2 aromatic carbocycles. The zero-order chi connectivity index (χ0) is 13.7. The van der Waals surface area contributed by atoms with Crippen molar-refractivity contribution in [2.75, 3.05) is 10.6 Å². The monoisotopic (exact) mass is 274 g/mol. The van der Waals surface area contributed by atoms with E-state index >= 15 is 0 Å². The lowest BCUT2D eigenvalue weighted by molar-refractivity contribution is -0.114. The molecule has 0 aliphatic carbocycles. The molecule has 0 radical (unpaired) electrons. The van der Waals surface area contributed by atoms with Crippen LogP contribution in [0.5, 0.6) is 0 Å². The van der Waals surface area contributed by atoms with E-state index in [1.54, 1.807) is 0 Å². The Morgan fingerprint density at radius 3 is 2.58 bits per heavy atom. The molecule has 0 bridgehead atoms. The summed E-state index contributed by atoms with van der Waals surface area (Å²) >= 11 is 6.09. The molecule has 19 heavy (non-hydrogen) atoms. The molecule has 98 valence electrons. The SMILES string of the molecule is CC(=O)Nc1cccc(NCc2ccccc2Cl)c1.